The first kappa shape index (κ1) is 23.7. The van der Waals surface area contributed by atoms with E-state index in [4.69, 9.17) is 4.74 Å². The van der Waals surface area contributed by atoms with E-state index in [9.17, 15) is 19.5 Å². The molecule has 0 saturated heterocycles. The second-order valence-electron chi connectivity index (χ2n) is 8.09. The number of carboxylic acid groups (broad SMARTS) is 1. The molecule has 2 heterocycles. The quantitative estimate of drug-likeness (QED) is 0.535. The molecule has 0 unspecified atom stereocenters. The van der Waals surface area contributed by atoms with Crippen LogP contribution in [0.2, 0.25) is 0 Å². The maximum Gasteiger partial charge on any atom is 0.335 e. The van der Waals surface area contributed by atoms with Gasteiger partial charge < -0.3 is 9.84 Å². The van der Waals surface area contributed by atoms with Gasteiger partial charge in [-0.2, -0.15) is 0 Å². The molecule has 0 aliphatic heterocycles. The summed E-state index contributed by atoms with van der Waals surface area (Å²) in [5, 5.41) is 9.21. The minimum absolute atomic E-state index is 0.0316. The largest absolute Gasteiger partial charge is 0.481 e. The predicted molar refractivity (Wildman–Crippen MR) is 122 cm³/mol. The van der Waals surface area contributed by atoms with E-state index in [1.807, 2.05) is 45.0 Å². The summed E-state index contributed by atoms with van der Waals surface area (Å²) in [5.74, 6) is -1.59. The van der Waals surface area contributed by atoms with Gasteiger partial charge in [-0.1, -0.05) is 36.8 Å². The van der Waals surface area contributed by atoms with Crippen molar-refractivity contribution in [2.45, 2.75) is 46.9 Å². The van der Waals surface area contributed by atoms with E-state index in [0.717, 1.165) is 15.7 Å². The zero-order valence-electron chi connectivity index (χ0n) is 19.0. The van der Waals surface area contributed by atoms with E-state index in [0.29, 0.717) is 11.6 Å². The highest BCUT2D eigenvalue weighted by Gasteiger charge is 2.17. The number of pyridine rings is 1. The van der Waals surface area contributed by atoms with Gasteiger partial charge in [0.05, 0.1) is 30.5 Å². The van der Waals surface area contributed by atoms with Gasteiger partial charge in [-0.25, -0.2) is 24.1 Å². The van der Waals surface area contributed by atoms with Gasteiger partial charge in [-0.15, -0.1) is 0 Å². The van der Waals surface area contributed by atoms with Crippen molar-refractivity contribution in [1.29, 1.82) is 0 Å². The summed E-state index contributed by atoms with van der Waals surface area (Å²) in [5.41, 5.74) is 0.943. The summed E-state index contributed by atoms with van der Waals surface area (Å²) in [6.45, 7) is 7.04. The third kappa shape index (κ3) is 6.06. The molecule has 0 spiro atoms. The molecule has 0 aliphatic rings. The van der Waals surface area contributed by atoms with Crippen LogP contribution in [0.15, 0.2) is 57.2 Å². The number of carboxylic acids is 1. The summed E-state index contributed by atoms with van der Waals surface area (Å²) in [4.78, 5) is 48.3. The fourth-order valence-corrected chi connectivity index (χ4v) is 3.05. The number of aliphatic carboxylic acids is 1. The van der Waals surface area contributed by atoms with Gasteiger partial charge in [-0.05, 0) is 32.4 Å². The van der Waals surface area contributed by atoms with Crippen molar-refractivity contribution in [3.8, 4) is 5.88 Å². The molecule has 0 amide bonds. The van der Waals surface area contributed by atoms with E-state index in [1.165, 1.54) is 17.7 Å². The lowest BCUT2D eigenvalue weighted by Gasteiger charge is -2.13. The summed E-state index contributed by atoms with van der Waals surface area (Å²) < 4.78 is 7.71. The lowest BCUT2D eigenvalue weighted by atomic mass is 10.1. The number of hydrogen-bond acceptors (Lipinski definition) is 6. The Morgan fingerprint density at radius 3 is 2.39 bits per heavy atom. The molecular formula is C23H27N5O5. The number of hydrogen-bond donors (Lipinski definition) is 2. The van der Waals surface area contributed by atoms with Gasteiger partial charge in [0.1, 0.15) is 0 Å². The first-order chi connectivity index (χ1) is 15.6. The minimum Gasteiger partial charge on any atom is -0.481 e. The second-order valence-corrected chi connectivity index (χ2v) is 8.09. The maximum absolute atomic E-state index is 13.2. The van der Waals surface area contributed by atoms with Gasteiger partial charge in [-0.3, -0.25) is 14.3 Å². The zero-order valence-corrected chi connectivity index (χ0v) is 19.0. The van der Waals surface area contributed by atoms with Crippen molar-refractivity contribution < 1.29 is 14.6 Å². The average molecular weight is 453 g/mol. The number of carbonyl (C=O) groups is 1. The third-order valence-electron chi connectivity index (χ3n) is 4.83. The molecule has 33 heavy (non-hydrogen) atoms. The smallest absolute Gasteiger partial charge is 0.335 e. The number of benzene rings is 1. The van der Waals surface area contributed by atoms with Crippen molar-refractivity contribution in [3.05, 3.63) is 80.3 Å². The van der Waals surface area contributed by atoms with Crippen molar-refractivity contribution in [2.75, 3.05) is 0 Å². The van der Waals surface area contributed by atoms with Crippen molar-refractivity contribution in [1.82, 2.24) is 19.1 Å². The average Bonchev–Trinajstić information content (AvgIpc) is 2.76. The van der Waals surface area contributed by atoms with Crippen LogP contribution in [-0.2, 0) is 17.9 Å². The highest BCUT2D eigenvalue weighted by Crippen LogP contribution is 2.14. The number of aryl methyl sites for hydroxylation is 1. The van der Waals surface area contributed by atoms with Crippen LogP contribution in [-0.4, -0.2) is 36.3 Å². The third-order valence-corrected chi connectivity index (χ3v) is 4.83. The molecule has 0 fully saturated rings. The highest BCUT2D eigenvalue weighted by molar-refractivity contribution is 5.69. The Morgan fingerprint density at radius 1 is 1.12 bits per heavy atom. The Balaban J connectivity index is 2.12. The highest BCUT2D eigenvalue weighted by atomic mass is 16.5. The molecule has 0 saturated carbocycles. The first-order valence-electron chi connectivity index (χ1n) is 10.5. The molecule has 2 N–H and O–H groups in total. The first-order valence-corrected chi connectivity index (χ1v) is 10.5. The second kappa shape index (κ2) is 10.1. The van der Waals surface area contributed by atoms with Gasteiger partial charge in [0.25, 0.3) is 0 Å². The summed E-state index contributed by atoms with van der Waals surface area (Å²) in [7, 11) is 0. The molecule has 0 radical (unpaired) electrons. The number of H-pyrrole nitrogens is 1. The number of aromatic amines is 1. The fourth-order valence-electron chi connectivity index (χ4n) is 3.05. The van der Waals surface area contributed by atoms with Gasteiger partial charge in [0, 0.05) is 12.6 Å². The van der Waals surface area contributed by atoms with Crippen molar-refractivity contribution in [3.63, 3.8) is 0 Å². The molecule has 1 atom stereocenters. The van der Waals surface area contributed by atoms with E-state index in [2.05, 4.69) is 15.0 Å². The molecule has 10 heteroatoms. The fraction of sp³-hybridized carbons (Fsp3) is 0.348. The van der Waals surface area contributed by atoms with E-state index >= 15 is 0 Å². The summed E-state index contributed by atoms with van der Waals surface area (Å²) >= 11 is 0. The Kier molecular flexibility index (Phi) is 7.27. The normalized spacial score (nSPS) is 12.7. The molecular weight excluding hydrogens is 426 g/mol. The number of ether oxygens (including phenoxy) is 1. The molecule has 174 valence electrons. The molecule has 10 nitrogen and oxygen atoms in total. The van der Waals surface area contributed by atoms with Gasteiger partial charge >= 0.3 is 17.3 Å². The Morgan fingerprint density at radius 2 is 1.82 bits per heavy atom. The van der Waals surface area contributed by atoms with Gasteiger partial charge in [0.2, 0.25) is 11.5 Å². The number of aromatic nitrogens is 4. The lowest BCUT2D eigenvalue weighted by Crippen LogP contribution is -2.51. The molecule has 0 aliphatic carbocycles. The number of nitrogens with one attached hydrogen (secondary N) is 1. The van der Waals surface area contributed by atoms with Crippen LogP contribution in [0.3, 0.4) is 0 Å². The van der Waals surface area contributed by atoms with Crippen LogP contribution < -0.4 is 21.7 Å². The van der Waals surface area contributed by atoms with E-state index in [-0.39, 0.29) is 24.8 Å². The number of nitrogens with zero attached hydrogens (tertiary/aromatic N) is 4. The Bertz CT molecular complexity index is 1300. The van der Waals surface area contributed by atoms with E-state index < -0.39 is 23.3 Å². The summed E-state index contributed by atoms with van der Waals surface area (Å²) in [6, 6.07) is 10.9. The van der Waals surface area contributed by atoms with Crippen LogP contribution in [0.5, 0.6) is 5.88 Å². The van der Waals surface area contributed by atoms with Crippen molar-refractivity contribution >= 4 is 11.7 Å². The van der Waals surface area contributed by atoms with Crippen LogP contribution in [0.1, 0.15) is 31.9 Å². The molecule has 3 rings (SSSR count). The molecule has 3 aromatic rings. The lowest BCUT2D eigenvalue weighted by molar-refractivity contribution is -0.141. The molecule has 0 bridgehead atoms. The Labute approximate surface area is 189 Å². The van der Waals surface area contributed by atoms with Crippen LogP contribution in [0.4, 0.5) is 5.69 Å². The topological polar surface area (TPSA) is 132 Å². The number of rotatable bonds is 8. The standard InChI is InChI=1S/C23H27N5O5/c1-14(2)33-19-10-9-18(11-24-19)25-21-26-22(31)28(12-16(4)20(29)30)23(32)27(21)13-17-7-5-15(3)6-8-17/h5-11,14,16H,12-13H2,1-4H3,(H,29,30)(H,25,26,31)/t16-/m0/s1. The molecule has 2 aromatic heterocycles. The monoisotopic (exact) mass is 453 g/mol. The van der Waals surface area contributed by atoms with E-state index in [1.54, 1.807) is 12.1 Å². The van der Waals surface area contributed by atoms with Crippen LogP contribution in [0.25, 0.3) is 0 Å². The molecule has 1 aromatic carbocycles. The van der Waals surface area contributed by atoms with Crippen LogP contribution in [0, 0.1) is 12.8 Å². The minimum atomic E-state index is -1.10. The maximum atomic E-state index is 13.2. The SMILES string of the molecule is Cc1ccc(Cn2c(=O)n(C[C@H](C)C(=O)O)c(=O)[nH]/c2=N\c2ccc(OC(C)C)nc2)cc1. The van der Waals surface area contributed by atoms with Crippen molar-refractivity contribution in [2.24, 2.45) is 10.9 Å². The zero-order chi connectivity index (χ0) is 24.1. The summed E-state index contributed by atoms with van der Waals surface area (Å²) in [6.07, 6.45) is 1.44. The van der Waals surface area contributed by atoms with Gasteiger partial charge in [0.15, 0.2) is 0 Å². The van der Waals surface area contributed by atoms with Crippen LogP contribution >= 0.6 is 0 Å². The predicted octanol–water partition coefficient (Wildman–Crippen LogP) is 1.83. The Hall–Kier alpha value is -3.95.